The molecule has 0 saturated heterocycles. The quantitative estimate of drug-likeness (QED) is 0.450. The van der Waals surface area contributed by atoms with E-state index in [0.717, 1.165) is 12.3 Å². The number of aliphatic hydroxyl groups excluding tert-OH is 1. The zero-order valence-corrected chi connectivity index (χ0v) is 16.8. The third-order valence-corrected chi connectivity index (χ3v) is 6.01. The minimum Gasteiger partial charge on any atom is -0.396 e. The van der Waals surface area contributed by atoms with Crippen molar-refractivity contribution in [3.63, 3.8) is 0 Å². The van der Waals surface area contributed by atoms with Crippen molar-refractivity contribution >= 4 is 12.4 Å². The van der Waals surface area contributed by atoms with Gasteiger partial charge in [-0.1, -0.05) is 71.1 Å². The Hall–Kier alpha value is 0.210. The van der Waals surface area contributed by atoms with Gasteiger partial charge >= 0.3 is 0 Å². The number of hydrogen-bond donors (Lipinski definition) is 1. The van der Waals surface area contributed by atoms with Crippen LogP contribution in [0.25, 0.3) is 0 Å². The lowest BCUT2D eigenvalue weighted by Crippen LogP contribution is -2.52. The van der Waals surface area contributed by atoms with Crippen molar-refractivity contribution in [1.82, 2.24) is 4.90 Å². The lowest BCUT2D eigenvalue weighted by atomic mass is 9.68. The standard InChI is InChI=1S/C20H41NO.ClH/c1-4-5-6-7-8-9-10-11-14-19-15-12-13-16-20(19,17-18-22)21(2)3;/h19,22H,4-18H2,1-3H3;1H. The summed E-state index contributed by atoms with van der Waals surface area (Å²) in [6.45, 7) is 2.62. The van der Waals surface area contributed by atoms with Gasteiger partial charge in [-0.25, -0.2) is 0 Å². The molecule has 0 aromatic heterocycles. The second-order valence-corrected chi connectivity index (χ2v) is 7.68. The first kappa shape index (κ1) is 23.2. The molecule has 0 amide bonds. The third kappa shape index (κ3) is 7.75. The van der Waals surface area contributed by atoms with Crippen molar-refractivity contribution in [3.05, 3.63) is 0 Å². The molecule has 1 fully saturated rings. The van der Waals surface area contributed by atoms with Gasteiger partial charge in [0.25, 0.3) is 0 Å². The van der Waals surface area contributed by atoms with Crippen LogP contribution < -0.4 is 0 Å². The lowest BCUT2D eigenvalue weighted by Gasteiger charge is -2.49. The fraction of sp³-hybridized carbons (Fsp3) is 1.00. The Balaban J connectivity index is 0.00000484. The molecule has 1 saturated carbocycles. The Morgan fingerprint density at radius 2 is 1.57 bits per heavy atom. The van der Waals surface area contributed by atoms with Crippen molar-refractivity contribution in [2.45, 2.75) is 102 Å². The molecule has 2 atom stereocenters. The van der Waals surface area contributed by atoms with Crippen molar-refractivity contribution in [1.29, 1.82) is 0 Å². The first-order valence-corrected chi connectivity index (χ1v) is 9.95. The summed E-state index contributed by atoms with van der Waals surface area (Å²) in [6.07, 6.45) is 19.0. The van der Waals surface area contributed by atoms with Crippen LogP contribution in [-0.2, 0) is 0 Å². The normalized spacial score (nSPS) is 24.7. The van der Waals surface area contributed by atoms with Crippen LogP contribution in [0.15, 0.2) is 0 Å². The maximum Gasteiger partial charge on any atom is 0.0448 e. The molecule has 0 aromatic rings. The zero-order valence-electron chi connectivity index (χ0n) is 16.0. The summed E-state index contributed by atoms with van der Waals surface area (Å²) in [5.74, 6) is 0.795. The van der Waals surface area contributed by atoms with E-state index in [1.807, 2.05) is 0 Å². The van der Waals surface area contributed by atoms with Crippen molar-refractivity contribution in [3.8, 4) is 0 Å². The van der Waals surface area contributed by atoms with E-state index in [2.05, 4.69) is 25.9 Å². The number of nitrogens with zero attached hydrogens (tertiary/aromatic N) is 1. The fourth-order valence-electron chi connectivity index (χ4n) is 4.57. The smallest absolute Gasteiger partial charge is 0.0448 e. The Kier molecular flexibility index (Phi) is 13.6. The minimum atomic E-state index is 0. The molecule has 3 heteroatoms. The highest BCUT2D eigenvalue weighted by Gasteiger charge is 2.41. The van der Waals surface area contributed by atoms with Gasteiger partial charge in [0.05, 0.1) is 0 Å². The maximum atomic E-state index is 9.54. The highest BCUT2D eigenvalue weighted by molar-refractivity contribution is 5.85. The molecule has 0 spiro atoms. The van der Waals surface area contributed by atoms with Crippen molar-refractivity contribution in [2.75, 3.05) is 20.7 Å². The molecule has 23 heavy (non-hydrogen) atoms. The van der Waals surface area contributed by atoms with Gasteiger partial charge < -0.3 is 10.0 Å². The predicted octanol–water partition coefficient (Wildman–Crippen LogP) is 5.81. The highest BCUT2D eigenvalue weighted by atomic mass is 35.5. The molecule has 0 aromatic carbocycles. The summed E-state index contributed by atoms with van der Waals surface area (Å²) in [4.78, 5) is 2.43. The van der Waals surface area contributed by atoms with Gasteiger partial charge in [0.1, 0.15) is 0 Å². The van der Waals surface area contributed by atoms with E-state index >= 15 is 0 Å². The van der Waals surface area contributed by atoms with Crippen LogP contribution >= 0.6 is 12.4 Å². The molecule has 1 aliphatic rings. The third-order valence-electron chi connectivity index (χ3n) is 6.01. The van der Waals surface area contributed by atoms with Crippen LogP contribution in [0.5, 0.6) is 0 Å². The number of unbranched alkanes of at least 4 members (excludes halogenated alkanes) is 7. The number of halogens is 1. The molecular formula is C20H42ClNO. The summed E-state index contributed by atoms with van der Waals surface area (Å²) in [7, 11) is 4.45. The van der Waals surface area contributed by atoms with Gasteiger partial charge in [0, 0.05) is 12.1 Å². The van der Waals surface area contributed by atoms with Crippen LogP contribution in [0.2, 0.25) is 0 Å². The van der Waals surface area contributed by atoms with E-state index in [9.17, 15) is 5.11 Å². The largest absolute Gasteiger partial charge is 0.396 e. The summed E-state index contributed by atoms with van der Waals surface area (Å²) in [5.41, 5.74) is 0.272. The van der Waals surface area contributed by atoms with Crippen LogP contribution in [-0.4, -0.2) is 36.2 Å². The number of hydrogen-bond acceptors (Lipinski definition) is 2. The van der Waals surface area contributed by atoms with E-state index in [4.69, 9.17) is 0 Å². The Morgan fingerprint density at radius 1 is 0.957 bits per heavy atom. The SMILES string of the molecule is CCCCCCCCCCC1CCCCC1(CCO)N(C)C.Cl. The van der Waals surface area contributed by atoms with Gasteiger partial charge in [-0.2, -0.15) is 0 Å². The average Bonchev–Trinajstić information content (AvgIpc) is 2.51. The molecule has 1 N–H and O–H groups in total. The zero-order chi connectivity index (χ0) is 16.3. The second kappa shape index (κ2) is 13.5. The van der Waals surface area contributed by atoms with Gasteiger partial charge in [-0.3, -0.25) is 0 Å². The van der Waals surface area contributed by atoms with E-state index < -0.39 is 0 Å². The highest BCUT2D eigenvalue weighted by Crippen LogP contribution is 2.42. The summed E-state index contributed by atoms with van der Waals surface area (Å²) in [6, 6.07) is 0. The van der Waals surface area contributed by atoms with Crippen LogP contribution in [0.4, 0.5) is 0 Å². The van der Waals surface area contributed by atoms with Gasteiger partial charge in [0.15, 0.2) is 0 Å². The molecule has 0 heterocycles. The van der Waals surface area contributed by atoms with Gasteiger partial charge in [0.2, 0.25) is 0 Å². The Labute approximate surface area is 151 Å². The average molecular weight is 348 g/mol. The van der Waals surface area contributed by atoms with E-state index in [-0.39, 0.29) is 17.9 Å². The first-order chi connectivity index (χ1) is 10.7. The fourth-order valence-corrected chi connectivity index (χ4v) is 4.57. The topological polar surface area (TPSA) is 23.5 Å². The molecule has 0 radical (unpaired) electrons. The molecule has 1 aliphatic carbocycles. The summed E-state index contributed by atoms with van der Waals surface area (Å²) >= 11 is 0. The molecular weight excluding hydrogens is 306 g/mol. The summed E-state index contributed by atoms with van der Waals surface area (Å²) < 4.78 is 0. The summed E-state index contributed by atoms with van der Waals surface area (Å²) in [5, 5.41) is 9.54. The molecule has 0 aliphatic heterocycles. The molecule has 0 bridgehead atoms. The monoisotopic (exact) mass is 347 g/mol. The van der Waals surface area contributed by atoms with Crippen LogP contribution in [0.3, 0.4) is 0 Å². The second-order valence-electron chi connectivity index (χ2n) is 7.68. The first-order valence-electron chi connectivity index (χ1n) is 9.95. The molecule has 2 nitrogen and oxygen atoms in total. The molecule has 140 valence electrons. The van der Waals surface area contributed by atoms with Gasteiger partial charge in [-0.05, 0) is 45.7 Å². The Morgan fingerprint density at radius 3 is 2.13 bits per heavy atom. The lowest BCUT2D eigenvalue weighted by molar-refractivity contribution is 0.00949. The molecule has 2 unspecified atom stereocenters. The minimum absolute atomic E-state index is 0. The Bertz CT molecular complexity index is 268. The van der Waals surface area contributed by atoms with E-state index in [1.165, 1.54) is 83.5 Å². The van der Waals surface area contributed by atoms with Crippen molar-refractivity contribution < 1.29 is 5.11 Å². The maximum absolute atomic E-state index is 9.54. The van der Waals surface area contributed by atoms with E-state index in [0.29, 0.717) is 6.61 Å². The van der Waals surface area contributed by atoms with E-state index in [1.54, 1.807) is 0 Å². The van der Waals surface area contributed by atoms with Crippen molar-refractivity contribution in [2.24, 2.45) is 5.92 Å². The predicted molar refractivity (Wildman–Crippen MR) is 105 cm³/mol. The van der Waals surface area contributed by atoms with Gasteiger partial charge in [-0.15, -0.1) is 12.4 Å². The number of aliphatic hydroxyl groups is 1. The van der Waals surface area contributed by atoms with Crippen LogP contribution in [0, 0.1) is 5.92 Å². The number of rotatable bonds is 12. The molecule has 1 rings (SSSR count). The van der Waals surface area contributed by atoms with Crippen LogP contribution in [0.1, 0.15) is 96.8 Å².